The first-order valence-electron chi connectivity index (χ1n) is 7.60. The van der Waals surface area contributed by atoms with Crippen LogP contribution in [0.4, 0.5) is 0 Å². The van der Waals surface area contributed by atoms with Crippen LogP contribution in [0.25, 0.3) is 0 Å². The lowest BCUT2D eigenvalue weighted by Crippen LogP contribution is -1.84. The first-order chi connectivity index (χ1) is 11.3. The Hall–Kier alpha value is -0.0400. The maximum Gasteiger partial charge on any atom is 0.478 e. The maximum atomic E-state index is 9.63. The molecule has 0 aromatic heterocycles. The maximum absolute atomic E-state index is 9.63. The van der Waals surface area contributed by atoms with Gasteiger partial charge in [-0.3, -0.25) is 0 Å². The molecule has 0 aliphatic rings. The molecule has 0 radical (unpaired) electrons. The Balaban J connectivity index is 0. The number of hydrogen-bond donors (Lipinski definition) is 4. The molecule has 0 spiro atoms. The van der Waals surface area contributed by atoms with Gasteiger partial charge in [-0.25, -0.2) is 9.13 Å². The van der Waals surface area contributed by atoms with Crippen molar-refractivity contribution in [3.05, 3.63) is 34.9 Å². The van der Waals surface area contributed by atoms with E-state index in [1.807, 2.05) is 0 Å². The minimum absolute atomic E-state index is 0.974. The van der Waals surface area contributed by atoms with Gasteiger partial charge >= 0.3 is 15.6 Å². The van der Waals surface area contributed by atoms with E-state index in [0.29, 0.717) is 0 Å². The second-order valence-corrected chi connectivity index (χ2v) is 8.94. The minimum Gasteiger partial charge on any atom is -0.302 e. The summed E-state index contributed by atoms with van der Waals surface area (Å²) >= 11 is 3.42. The van der Waals surface area contributed by atoms with Crippen molar-refractivity contribution in [1.29, 1.82) is 0 Å². The van der Waals surface area contributed by atoms with Crippen molar-refractivity contribution in [2.24, 2.45) is 0 Å². The lowest BCUT2D eigenvalue weighted by molar-refractivity contribution is 0.225. The molecule has 0 aromatic rings. The molecule has 0 saturated carbocycles. The first kappa shape index (κ1) is 27.2. The third kappa shape index (κ3) is 26.3. The highest BCUT2D eigenvalue weighted by Crippen LogP contribution is 2.53. The van der Waals surface area contributed by atoms with Crippen molar-refractivity contribution in [2.75, 3.05) is 5.33 Å². The Kier molecular flexibility index (Phi) is 15.3. The van der Waals surface area contributed by atoms with Gasteiger partial charge < -0.3 is 19.6 Å². The predicted molar refractivity (Wildman–Crippen MR) is 104 cm³/mol. The number of hydrogen-bond acceptors (Lipinski definition) is 3. The number of rotatable bonds is 9. The van der Waals surface area contributed by atoms with Crippen molar-refractivity contribution in [2.45, 2.75) is 53.4 Å². The summed E-state index contributed by atoms with van der Waals surface area (Å²) in [7, 11) is -10.1. The second-order valence-electron chi connectivity index (χ2n) is 5.68. The number of halogens is 1. The average molecular weight is 463 g/mol. The molecule has 0 aliphatic heterocycles. The summed E-state index contributed by atoms with van der Waals surface area (Å²) < 4.78 is 22.2. The van der Waals surface area contributed by atoms with Crippen LogP contribution in [0.5, 0.6) is 0 Å². The summed E-state index contributed by atoms with van der Waals surface area (Å²) in [4.78, 5) is 31.0. The third-order valence-corrected chi connectivity index (χ3v) is 4.79. The molecule has 148 valence electrons. The summed E-state index contributed by atoms with van der Waals surface area (Å²) in [6.45, 7) is 8.76. The predicted octanol–water partition coefficient (Wildman–Crippen LogP) is 4.99. The Morgan fingerprint density at radius 1 is 0.840 bits per heavy atom. The molecule has 0 aliphatic carbocycles. The van der Waals surface area contributed by atoms with E-state index >= 15 is 0 Å². The molecule has 7 nitrogen and oxygen atoms in total. The molecule has 0 aromatic carbocycles. The number of phosphoric acid groups is 2. The van der Waals surface area contributed by atoms with E-state index < -0.39 is 15.6 Å². The van der Waals surface area contributed by atoms with Crippen LogP contribution in [0.1, 0.15) is 53.4 Å². The van der Waals surface area contributed by atoms with Crippen LogP contribution in [-0.4, -0.2) is 24.9 Å². The smallest absolute Gasteiger partial charge is 0.302 e. The van der Waals surface area contributed by atoms with Crippen LogP contribution in [0, 0.1) is 0 Å². The van der Waals surface area contributed by atoms with Crippen LogP contribution in [0.3, 0.4) is 0 Å². The van der Waals surface area contributed by atoms with Crippen molar-refractivity contribution < 1.29 is 33.0 Å². The normalized spacial score (nSPS) is 13.2. The number of alkyl halides is 1. The fourth-order valence-electron chi connectivity index (χ4n) is 1.61. The first-order valence-corrected chi connectivity index (χ1v) is 11.8. The quantitative estimate of drug-likeness (QED) is 0.216. The van der Waals surface area contributed by atoms with E-state index in [2.05, 4.69) is 66.2 Å². The van der Waals surface area contributed by atoms with E-state index in [9.17, 15) is 9.13 Å². The summed E-state index contributed by atoms with van der Waals surface area (Å²) in [6, 6.07) is 0. The van der Waals surface area contributed by atoms with Crippen molar-refractivity contribution in [1.82, 2.24) is 0 Å². The highest BCUT2D eigenvalue weighted by atomic mass is 79.9. The van der Waals surface area contributed by atoms with Crippen molar-refractivity contribution in [3.8, 4) is 0 Å². The van der Waals surface area contributed by atoms with E-state index in [1.165, 1.54) is 42.4 Å². The van der Waals surface area contributed by atoms with Crippen molar-refractivity contribution >= 4 is 31.6 Å². The fraction of sp³-hybridized carbons (Fsp3) is 0.600. The molecule has 0 atom stereocenters. The van der Waals surface area contributed by atoms with Gasteiger partial charge in [-0.05, 0) is 53.4 Å². The van der Waals surface area contributed by atoms with Gasteiger partial charge in [0.1, 0.15) is 0 Å². The van der Waals surface area contributed by atoms with Crippen molar-refractivity contribution in [3.63, 3.8) is 0 Å². The standard InChI is InChI=1S/C15H25Br.H4O7P2/c1-13(2)7-5-8-14(3)9-6-10-15(4)11-12-16;1-8(2,3)7-9(4,5)6/h7,9,11H,5-6,8,10,12H2,1-4H3;(H2,1,2,3)(H2,4,5,6). The van der Waals surface area contributed by atoms with Gasteiger partial charge in [0.05, 0.1) is 0 Å². The van der Waals surface area contributed by atoms with E-state index in [4.69, 9.17) is 19.6 Å². The van der Waals surface area contributed by atoms with Gasteiger partial charge in [-0.15, -0.1) is 0 Å². The third-order valence-electron chi connectivity index (χ3n) is 2.76. The number of allylic oxidation sites excluding steroid dienone is 6. The monoisotopic (exact) mass is 462 g/mol. The minimum atomic E-state index is -5.05. The van der Waals surface area contributed by atoms with Gasteiger partial charge in [0.2, 0.25) is 0 Å². The summed E-state index contributed by atoms with van der Waals surface area (Å²) in [5.74, 6) is 0. The molecular formula is C15H29BrO7P2. The Morgan fingerprint density at radius 2 is 1.24 bits per heavy atom. The van der Waals surface area contributed by atoms with Crippen LogP contribution in [-0.2, 0) is 13.4 Å². The highest BCUT2D eigenvalue weighted by molar-refractivity contribution is 9.09. The summed E-state index contributed by atoms with van der Waals surface area (Å²) in [5, 5.41) is 0.974. The molecule has 0 heterocycles. The molecule has 0 rings (SSSR count). The Labute approximate surface area is 158 Å². The molecule has 0 unspecified atom stereocenters. The fourth-order valence-corrected chi connectivity index (χ4v) is 3.27. The van der Waals surface area contributed by atoms with Gasteiger partial charge in [0, 0.05) is 5.33 Å². The SMILES string of the molecule is CC(C)=CCCC(C)=CCCC(C)=CCBr.O=P(O)(O)OP(=O)(O)O. The van der Waals surface area contributed by atoms with E-state index in [-0.39, 0.29) is 0 Å². The van der Waals surface area contributed by atoms with Gasteiger partial charge in [0.25, 0.3) is 0 Å². The molecule has 0 bridgehead atoms. The van der Waals surface area contributed by atoms with E-state index in [1.54, 1.807) is 0 Å². The molecular weight excluding hydrogens is 434 g/mol. The zero-order chi connectivity index (χ0) is 20.1. The lowest BCUT2D eigenvalue weighted by atomic mass is 10.1. The largest absolute Gasteiger partial charge is 0.478 e. The average Bonchev–Trinajstić information content (AvgIpc) is 2.34. The Morgan fingerprint density at radius 3 is 1.56 bits per heavy atom. The van der Waals surface area contributed by atoms with Crippen LogP contribution >= 0.6 is 31.6 Å². The molecule has 25 heavy (non-hydrogen) atoms. The lowest BCUT2D eigenvalue weighted by Gasteiger charge is -2.03. The van der Waals surface area contributed by atoms with Gasteiger partial charge in [0.15, 0.2) is 0 Å². The molecule has 0 fully saturated rings. The van der Waals surface area contributed by atoms with Gasteiger partial charge in [-0.2, -0.15) is 4.31 Å². The zero-order valence-electron chi connectivity index (χ0n) is 15.1. The summed E-state index contributed by atoms with van der Waals surface area (Å²) in [5.41, 5.74) is 4.42. The molecule has 10 heteroatoms. The molecule has 4 N–H and O–H groups in total. The molecule has 0 amide bonds. The molecule has 0 saturated heterocycles. The zero-order valence-corrected chi connectivity index (χ0v) is 18.4. The Bertz CT molecular complexity index is 534. The van der Waals surface area contributed by atoms with Crippen LogP contribution in [0.2, 0.25) is 0 Å². The van der Waals surface area contributed by atoms with Crippen LogP contribution in [0.15, 0.2) is 34.9 Å². The second kappa shape index (κ2) is 14.1. The summed E-state index contributed by atoms with van der Waals surface area (Å²) in [6.07, 6.45) is 11.7. The topological polar surface area (TPSA) is 124 Å². The van der Waals surface area contributed by atoms with Crippen LogP contribution < -0.4 is 0 Å². The van der Waals surface area contributed by atoms with E-state index in [0.717, 1.165) is 5.33 Å². The van der Waals surface area contributed by atoms with Gasteiger partial charge in [-0.1, -0.05) is 50.9 Å². The highest BCUT2D eigenvalue weighted by Gasteiger charge is 2.27.